The van der Waals surface area contributed by atoms with E-state index < -0.39 is 0 Å². The molecule has 17 heavy (non-hydrogen) atoms. The highest BCUT2D eigenvalue weighted by Crippen LogP contribution is 2.11. The first kappa shape index (κ1) is 11.8. The highest BCUT2D eigenvalue weighted by Gasteiger charge is 2.08. The lowest BCUT2D eigenvalue weighted by Gasteiger charge is -2.08. The van der Waals surface area contributed by atoms with Crippen LogP contribution < -0.4 is 5.32 Å². The third-order valence-corrected chi connectivity index (χ3v) is 2.68. The Kier molecular flexibility index (Phi) is 3.54. The molecule has 0 aliphatic rings. The summed E-state index contributed by atoms with van der Waals surface area (Å²) >= 11 is 0. The van der Waals surface area contributed by atoms with Gasteiger partial charge in [0.1, 0.15) is 0 Å². The number of rotatable bonds is 4. The summed E-state index contributed by atoms with van der Waals surface area (Å²) in [6.07, 6.45) is 3.68. The fourth-order valence-electron chi connectivity index (χ4n) is 1.64. The minimum atomic E-state index is 0.479. The quantitative estimate of drug-likeness (QED) is 0.874. The molecular formula is C13H18N4. The molecule has 0 aliphatic carbocycles. The predicted octanol–water partition coefficient (Wildman–Crippen LogP) is 2.07. The molecule has 0 spiro atoms. The van der Waals surface area contributed by atoms with Crippen LogP contribution in [0, 0.1) is 6.92 Å². The van der Waals surface area contributed by atoms with Gasteiger partial charge in [-0.1, -0.05) is 19.9 Å². The highest BCUT2D eigenvalue weighted by atomic mass is 15.3. The molecule has 0 radical (unpaired) electrons. The summed E-state index contributed by atoms with van der Waals surface area (Å²) in [7, 11) is 0. The van der Waals surface area contributed by atoms with Gasteiger partial charge in [-0.05, 0) is 19.1 Å². The SMILES string of the molecule is Cc1c(CNC(C)C)cnn1-c1ccccn1. The summed E-state index contributed by atoms with van der Waals surface area (Å²) in [6, 6.07) is 6.31. The fourth-order valence-corrected chi connectivity index (χ4v) is 1.64. The standard InChI is InChI=1S/C13H18N4/c1-10(2)15-8-12-9-16-17(11(12)3)13-6-4-5-7-14-13/h4-7,9-10,15H,8H2,1-3H3. The Morgan fingerprint density at radius 2 is 2.18 bits per heavy atom. The van der Waals surface area contributed by atoms with Crippen molar-refractivity contribution in [2.75, 3.05) is 0 Å². The molecule has 2 aromatic rings. The van der Waals surface area contributed by atoms with E-state index in [1.807, 2.05) is 29.1 Å². The van der Waals surface area contributed by atoms with E-state index in [0.717, 1.165) is 18.1 Å². The summed E-state index contributed by atoms with van der Waals surface area (Å²) in [5, 5.41) is 7.77. The first-order valence-electron chi connectivity index (χ1n) is 5.87. The van der Waals surface area contributed by atoms with Crippen LogP contribution in [0.3, 0.4) is 0 Å². The zero-order valence-corrected chi connectivity index (χ0v) is 10.5. The van der Waals surface area contributed by atoms with Gasteiger partial charge in [0, 0.05) is 30.0 Å². The zero-order valence-electron chi connectivity index (χ0n) is 10.5. The Balaban J connectivity index is 2.21. The number of hydrogen-bond acceptors (Lipinski definition) is 3. The normalized spacial score (nSPS) is 11.1. The molecule has 90 valence electrons. The average Bonchev–Trinajstić information content (AvgIpc) is 2.69. The van der Waals surface area contributed by atoms with Crippen LogP contribution in [0.1, 0.15) is 25.1 Å². The molecule has 2 aromatic heterocycles. The first-order chi connectivity index (χ1) is 8.18. The zero-order chi connectivity index (χ0) is 12.3. The van der Waals surface area contributed by atoms with Crippen LogP contribution in [-0.4, -0.2) is 20.8 Å². The van der Waals surface area contributed by atoms with Crippen LogP contribution in [-0.2, 0) is 6.54 Å². The number of nitrogens with zero attached hydrogens (tertiary/aromatic N) is 3. The molecular weight excluding hydrogens is 212 g/mol. The monoisotopic (exact) mass is 230 g/mol. The van der Waals surface area contributed by atoms with Crippen molar-refractivity contribution in [3.05, 3.63) is 41.9 Å². The molecule has 2 rings (SSSR count). The third kappa shape index (κ3) is 2.71. The fraction of sp³-hybridized carbons (Fsp3) is 0.385. The molecule has 0 fully saturated rings. The minimum Gasteiger partial charge on any atom is -0.310 e. The summed E-state index contributed by atoms with van der Waals surface area (Å²) in [4.78, 5) is 4.30. The lowest BCUT2D eigenvalue weighted by molar-refractivity contribution is 0.587. The Morgan fingerprint density at radius 1 is 1.35 bits per heavy atom. The van der Waals surface area contributed by atoms with Crippen molar-refractivity contribution in [1.29, 1.82) is 0 Å². The molecule has 0 atom stereocenters. The number of nitrogens with one attached hydrogen (secondary N) is 1. The van der Waals surface area contributed by atoms with Crippen LogP contribution in [0.25, 0.3) is 5.82 Å². The average molecular weight is 230 g/mol. The highest BCUT2D eigenvalue weighted by molar-refractivity contribution is 5.27. The Hall–Kier alpha value is -1.68. The van der Waals surface area contributed by atoms with Gasteiger partial charge in [0.05, 0.1) is 6.20 Å². The maximum absolute atomic E-state index is 4.38. The smallest absolute Gasteiger partial charge is 0.153 e. The summed E-state index contributed by atoms with van der Waals surface area (Å²) in [5.74, 6) is 0.862. The molecule has 4 nitrogen and oxygen atoms in total. The van der Waals surface area contributed by atoms with E-state index in [0.29, 0.717) is 6.04 Å². The van der Waals surface area contributed by atoms with Gasteiger partial charge in [0.15, 0.2) is 5.82 Å². The van der Waals surface area contributed by atoms with Gasteiger partial charge in [0.25, 0.3) is 0 Å². The topological polar surface area (TPSA) is 42.7 Å². The molecule has 0 aromatic carbocycles. The van der Waals surface area contributed by atoms with Crippen LogP contribution >= 0.6 is 0 Å². The van der Waals surface area contributed by atoms with Gasteiger partial charge in [0.2, 0.25) is 0 Å². The van der Waals surface area contributed by atoms with Gasteiger partial charge in [-0.2, -0.15) is 5.10 Å². The van der Waals surface area contributed by atoms with Crippen LogP contribution in [0.15, 0.2) is 30.6 Å². The second-order valence-corrected chi connectivity index (χ2v) is 4.39. The van der Waals surface area contributed by atoms with Gasteiger partial charge in [-0.15, -0.1) is 0 Å². The maximum Gasteiger partial charge on any atom is 0.153 e. The minimum absolute atomic E-state index is 0.479. The van der Waals surface area contributed by atoms with Gasteiger partial charge in [-0.3, -0.25) is 0 Å². The van der Waals surface area contributed by atoms with E-state index in [-0.39, 0.29) is 0 Å². The van der Waals surface area contributed by atoms with E-state index in [9.17, 15) is 0 Å². The number of hydrogen-bond donors (Lipinski definition) is 1. The maximum atomic E-state index is 4.38. The lowest BCUT2D eigenvalue weighted by atomic mass is 10.2. The van der Waals surface area contributed by atoms with E-state index in [2.05, 4.69) is 36.2 Å². The molecule has 0 saturated carbocycles. The summed E-state index contributed by atoms with van der Waals surface area (Å²) in [5.41, 5.74) is 2.35. The first-order valence-corrected chi connectivity index (χ1v) is 5.87. The second kappa shape index (κ2) is 5.10. The van der Waals surface area contributed by atoms with Crippen molar-refractivity contribution < 1.29 is 0 Å². The summed E-state index contributed by atoms with van der Waals surface area (Å²) < 4.78 is 1.87. The lowest BCUT2D eigenvalue weighted by Crippen LogP contribution is -2.22. The summed E-state index contributed by atoms with van der Waals surface area (Å²) in [6.45, 7) is 7.19. The van der Waals surface area contributed by atoms with Crippen molar-refractivity contribution in [1.82, 2.24) is 20.1 Å². The van der Waals surface area contributed by atoms with E-state index in [4.69, 9.17) is 0 Å². The van der Waals surface area contributed by atoms with Crippen molar-refractivity contribution in [2.24, 2.45) is 0 Å². The Labute approximate surface area is 102 Å². The molecule has 0 aliphatic heterocycles. The Bertz CT molecular complexity index is 473. The largest absolute Gasteiger partial charge is 0.310 e. The number of pyridine rings is 1. The van der Waals surface area contributed by atoms with E-state index in [1.54, 1.807) is 6.20 Å². The predicted molar refractivity (Wildman–Crippen MR) is 68.1 cm³/mol. The van der Waals surface area contributed by atoms with Crippen LogP contribution in [0.4, 0.5) is 0 Å². The van der Waals surface area contributed by atoms with E-state index >= 15 is 0 Å². The van der Waals surface area contributed by atoms with Gasteiger partial charge >= 0.3 is 0 Å². The molecule has 0 bridgehead atoms. The molecule has 1 N–H and O–H groups in total. The van der Waals surface area contributed by atoms with Gasteiger partial charge < -0.3 is 5.32 Å². The van der Waals surface area contributed by atoms with Crippen molar-refractivity contribution in [2.45, 2.75) is 33.4 Å². The number of aromatic nitrogens is 3. The third-order valence-electron chi connectivity index (χ3n) is 2.68. The van der Waals surface area contributed by atoms with E-state index in [1.165, 1.54) is 5.56 Å². The van der Waals surface area contributed by atoms with Gasteiger partial charge in [-0.25, -0.2) is 9.67 Å². The molecule has 2 heterocycles. The van der Waals surface area contributed by atoms with Crippen molar-refractivity contribution in [3.63, 3.8) is 0 Å². The molecule has 0 saturated heterocycles. The van der Waals surface area contributed by atoms with Crippen LogP contribution in [0.5, 0.6) is 0 Å². The van der Waals surface area contributed by atoms with Crippen molar-refractivity contribution >= 4 is 0 Å². The van der Waals surface area contributed by atoms with Crippen LogP contribution in [0.2, 0.25) is 0 Å². The molecule has 0 amide bonds. The molecule has 0 unspecified atom stereocenters. The Morgan fingerprint density at radius 3 is 2.82 bits per heavy atom. The van der Waals surface area contributed by atoms with Crippen molar-refractivity contribution in [3.8, 4) is 5.82 Å². The second-order valence-electron chi connectivity index (χ2n) is 4.39. The molecule has 4 heteroatoms.